The molecule has 2 heterocycles. The zero-order valence-corrected chi connectivity index (χ0v) is 13.5. The summed E-state index contributed by atoms with van der Waals surface area (Å²) in [5.41, 5.74) is -0.557. The highest BCUT2D eigenvalue weighted by Crippen LogP contribution is 2.26. The van der Waals surface area contributed by atoms with Crippen LogP contribution in [0.5, 0.6) is 0 Å². The summed E-state index contributed by atoms with van der Waals surface area (Å²) < 4.78 is 34.1. The van der Waals surface area contributed by atoms with Gasteiger partial charge in [0.15, 0.2) is 5.03 Å². The highest BCUT2D eigenvalue weighted by atomic mass is 35.5. The van der Waals surface area contributed by atoms with Crippen LogP contribution in [-0.4, -0.2) is 52.9 Å². The summed E-state index contributed by atoms with van der Waals surface area (Å²) in [7, 11) is -3.60. The molecule has 0 saturated carbocycles. The van der Waals surface area contributed by atoms with Crippen LogP contribution in [0.2, 0.25) is 0 Å². The normalized spacial score (nSPS) is 23.9. The van der Waals surface area contributed by atoms with Crippen LogP contribution in [0.15, 0.2) is 17.6 Å². The third-order valence-corrected chi connectivity index (χ3v) is 5.24. The van der Waals surface area contributed by atoms with Crippen LogP contribution in [0.3, 0.4) is 0 Å². The van der Waals surface area contributed by atoms with Gasteiger partial charge in [0.2, 0.25) is 0 Å². The predicted octanol–water partition coefficient (Wildman–Crippen LogP) is 1.31. The van der Waals surface area contributed by atoms with E-state index >= 15 is 0 Å². The second-order valence-corrected chi connectivity index (χ2v) is 7.69. The zero-order chi connectivity index (χ0) is 15.0. The van der Waals surface area contributed by atoms with Gasteiger partial charge in [-0.25, -0.2) is 13.4 Å². The second kappa shape index (κ2) is 5.63. The van der Waals surface area contributed by atoms with E-state index < -0.39 is 15.6 Å². The fourth-order valence-corrected chi connectivity index (χ4v) is 4.00. The van der Waals surface area contributed by atoms with E-state index in [1.54, 1.807) is 10.8 Å². The first kappa shape index (κ1) is 15.8. The molecule has 114 valence electrons. The van der Waals surface area contributed by atoms with Crippen molar-refractivity contribution in [3.63, 3.8) is 0 Å². The van der Waals surface area contributed by atoms with E-state index in [0.717, 1.165) is 0 Å². The molecule has 1 aromatic heterocycles. The fraction of sp³-hybridized carbons (Fsp3) is 0.750. The van der Waals surface area contributed by atoms with Crippen molar-refractivity contribution in [1.82, 2.24) is 13.9 Å². The molecule has 1 fully saturated rings. The Bertz CT molecular complexity index is 570. The molecule has 6 nitrogen and oxygen atoms in total. The summed E-state index contributed by atoms with van der Waals surface area (Å²) in [5, 5.41) is 0.0744. The number of nitrogens with zero attached hydrogens (tertiary/aromatic N) is 3. The molecule has 1 saturated heterocycles. The van der Waals surface area contributed by atoms with Crippen LogP contribution in [0.4, 0.5) is 0 Å². The molecule has 1 unspecified atom stereocenters. The average molecular weight is 322 g/mol. The molecular weight excluding hydrogens is 302 g/mol. The quantitative estimate of drug-likeness (QED) is 0.784. The van der Waals surface area contributed by atoms with Crippen LogP contribution in [-0.2, 0) is 21.3 Å². The Morgan fingerprint density at radius 3 is 2.80 bits per heavy atom. The Morgan fingerprint density at radius 1 is 1.55 bits per heavy atom. The van der Waals surface area contributed by atoms with Crippen LogP contribution in [0.25, 0.3) is 0 Å². The van der Waals surface area contributed by atoms with Crippen molar-refractivity contribution < 1.29 is 13.2 Å². The summed E-state index contributed by atoms with van der Waals surface area (Å²) in [6, 6.07) is 0. The number of halogens is 1. The van der Waals surface area contributed by atoms with E-state index in [-0.39, 0.29) is 23.6 Å². The maximum atomic E-state index is 12.6. The van der Waals surface area contributed by atoms with Gasteiger partial charge in [0.25, 0.3) is 10.0 Å². The lowest BCUT2D eigenvalue weighted by Gasteiger charge is -2.41. The second-order valence-electron chi connectivity index (χ2n) is 5.49. The number of aromatic nitrogens is 2. The number of imidazole rings is 1. The summed E-state index contributed by atoms with van der Waals surface area (Å²) in [5.74, 6) is 0.263. The molecule has 0 N–H and O–H groups in total. The van der Waals surface area contributed by atoms with Gasteiger partial charge < -0.3 is 9.30 Å². The van der Waals surface area contributed by atoms with Crippen molar-refractivity contribution in [2.75, 3.05) is 19.0 Å². The number of hydrogen-bond acceptors (Lipinski definition) is 4. The van der Waals surface area contributed by atoms with Crippen LogP contribution < -0.4 is 0 Å². The molecule has 0 spiro atoms. The Balaban J connectivity index is 2.28. The summed E-state index contributed by atoms with van der Waals surface area (Å²) in [6.07, 6.45) is 2.77. The van der Waals surface area contributed by atoms with Gasteiger partial charge >= 0.3 is 0 Å². The molecule has 0 aromatic carbocycles. The van der Waals surface area contributed by atoms with Crippen LogP contribution in [0, 0.1) is 0 Å². The van der Waals surface area contributed by atoms with Gasteiger partial charge in [0.05, 0.1) is 18.0 Å². The number of hydrogen-bond donors (Lipinski definition) is 0. The highest BCUT2D eigenvalue weighted by Gasteiger charge is 2.39. The van der Waals surface area contributed by atoms with E-state index in [9.17, 15) is 8.42 Å². The van der Waals surface area contributed by atoms with Crippen molar-refractivity contribution in [1.29, 1.82) is 0 Å². The number of morpholine rings is 1. The summed E-state index contributed by atoms with van der Waals surface area (Å²) in [4.78, 5) is 3.99. The maximum absolute atomic E-state index is 12.6. The standard InChI is InChI=1S/C12H20ClN3O3S/c1-4-15-7-11(14-9-15)20(17,18)16-6-10(5-13)19-12(2,3)8-16/h7,9-10H,4-6,8H2,1-3H3. The van der Waals surface area contributed by atoms with Crippen molar-refractivity contribution in [2.45, 2.75) is 44.0 Å². The van der Waals surface area contributed by atoms with Gasteiger partial charge in [-0.15, -0.1) is 11.6 Å². The van der Waals surface area contributed by atoms with Gasteiger partial charge in [0, 0.05) is 31.7 Å². The van der Waals surface area contributed by atoms with Crippen LogP contribution in [0.1, 0.15) is 20.8 Å². The minimum absolute atomic E-state index is 0.0744. The minimum Gasteiger partial charge on any atom is -0.368 e. The third-order valence-electron chi connectivity index (χ3n) is 3.20. The van der Waals surface area contributed by atoms with Gasteiger partial charge in [0.1, 0.15) is 0 Å². The molecule has 0 amide bonds. The lowest BCUT2D eigenvalue weighted by molar-refractivity contribution is -0.107. The lowest BCUT2D eigenvalue weighted by Crippen LogP contribution is -2.55. The molecule has 20 heavy (non-hydrogen) atoms. The topological polar surface area (TPSA) is 64.4 Å². The first-order valence-electron chi connectivity index (χ1n) is 6.54. The number of sulfonamides is 1. The lowest BCUT2D eigenvalue weighted by atomic mass is 10.1. The van der Waals surface area contributed by atoms with E-state index in [1.165, 1.54) is 10.6 Å². The molecule has 8 heteroatoms. The van der Waals surface area contributed by atoms with E-state index in [4.69, 9.17) is 16.3 Å². The first-order valence-corrected chi connectivity index (χ1v) is 8.51. The SMILES string of the molecule is CCn1cnc(S(=O)(=O)N2CC(CCl)OC(C)(C)C2)c1. The van der Waals surface area contributed by atoms with Crippen molar-refractivity contribution in [3.8, 4) is 0 Å². The molecule has 0 radical (unpaired) electrons. The van der Waals surface area contributed by atoms with Gasteiger partial charge in [-0.05, 0) is 20.8 Å². The molecule has 0 aliphatic carbocycles. The number of alkyl halides is 1. The number of ether oxygens (including phenoxy) is 1. The average Bonchev–Trinajstić information content (AvgIpc) is 2.86. The number of rotatable bonds is 4. The Kier molecular flexibility index (Phi) is 4.44. The third kappa shape index (κ3) is 3.16. The van der Waals surface area contributed by atoms with Crippen molar-refractivity contribution in [2.24, 2.45) is 0 Å². The van der Waals surface area contributed by atoms with E-state index in [1.807, 2.05) is 20.8 Å². The Morgan fingerprint density at radius 2 is 2.25 bits per heavy atom. The first-order chi connectivity index (χ1) is 9.28. The smallest absolute Gasteiger partial charge is 0.262 e. The molecular formula is C12H20ClN3O3S. The molecule has 1 aliphatic rings. The van der Waals surface area contributed by atoms with E-state index in [0.29, 0.717) is 13.1 Å². The Labute approximate surface area is 124 Å². The summed E-state index contributed by atoms with van der Waals surface area (Å²) >= 11 is 5.83. The maximum Gasteiger partial charge on any atom is 0.262 e. The van der Waals surface area contributed by atoms with Gasteiger partial charge in [-0.2, -0.15) is 4.31 Å². The van der Waals surface area contributed by atoms with Crippen molar-refractivity contribution >= 4 is 21.6 Å². The van der Waals surface area contributed by atoms with Crippen LogP contribution >= 0.6 is 11.6 Å². The molecule has 0 bridgehead atoms. The van der Waals surface area contributed by atoms with Gasteiger partial charge in [-0.3, -0.25) is 0 Å². The molecule has 1 aromatic rings. The fourth-order valence-electron chi connectivity index (χ4n) is 2.28. The largest absolute Gasteiger partial charge is 0.368 e. The van der Waals surface area contributed by atoms with Crippen molar-refractivity contribution in [3.05, 3.63) is 12.5 Å². The monoisotopic (exact) mass is 321 g/mol. The zero-order valence-electron chi connectivity index (χ0n) is 11.9. The van der Waals surface area contributed by atoms with E-state index in [2.05, 4.69) is 4.98 Å². The minimum atomic E-state index is -3.60. The summed E-state index contributed by atoms with van der Waals surface area (Å²) in [6.45, 7) is 6.88. The Hall–Kier alpha value is -0.630. The molecule has 1 aliphatic heterocycles. The van der Waals surface area contributed by atoms with Gasteiger partial charge in [-0.1, -0.05) is 0 Å². The highest BCUT2D eigenvalue weighted by molar-refractivity contribution is 7.89. The molecule has 2 rings (SSSR count). The molecule has 1 atom stereocenters. The number of aryl methyl sites for hydroxylation is 1. The predicted molar refractivity (Wildman–Crippen MR) is 76.3 cm³/mol.